The molecule has 1 N–H and O–H groups in total. The Kier molecular flexibility index (Phi) is 4.77. The molecule has 0 bridgehead atoms. The molecule has 6 heteroatoms. The summed E-state index contributed by atoms with van der Waals surface area (Å²) in [5.41, 5.74) is 0. The molecule has 0 saturated carbocycles. The zero-order chi connectivity index (χ0) is 9.19. The lowest BCUT2D eigenvalue weighted by Gasteiger charge is -1.98. The van der Waals surface area contributed by atoms with Gasteiger partial charge in [0.1, 0.15) is 0 Å². The van der Waals surface area contributed by atoms with E-state index < -0.39 is 10.1 Å². The fraction of sp³-hybridized carbons (Fsp3) is 0.143. The molecule has 0 spiro atoms. The molecule has 0 aromatic heterocycles. The number of benzene rings is 1. The molecule has 0 unspecified atom stereocenters. The molecule has 0 fully saturated rings. The maximum absolute atomic E-state index is 10.6. The minimum Gasteiger partial charge on any atom is -0.282 e. The third-order valence-electron chi connectivity index (χ3n) is 1.34. The molecule has 0 aliphatic heterocycles. The lowest BCUT2D eigenvalue weighted by Crippen LogP contribution is -1.97. The summed E-state index contributed by atoms with van der Waals surface area (Å²) in [7, 11) is -4.05. The van der Waals surface area contributed by atoms with Crippen molar-refractivity contribution in [3.05, 3.63) is 24.3 Å². The van der Waals surface area contributed by atoms with Crippen molar-refractivity contribution in [2.24, 2.45) is 0 Å². The van der Waals surface area contributed by atoms with E-state index in [0.29, 0.717) is 0 Å². The van der Waals surface area contributed by atoms with Crippen LogP contribution in [0, 0.1) is 0 Å². The molecule has 1 aromatic rings. The predicted molar refractivity (Wildman–Crippen MR) is 55.3 cm³/mol. The molecule has 13 heavy (non-hydrogen) atoms. The minimum atomic E-state index is -4.05. The van der Waals surface area contributed by atoms with E-state index in [-0.39, 0.29) is 17.3 Å². The average molecular weight is 241 g/mol. The van der Waals surface area contributed by atoms with Gasteiger partial charge in [-0.2, -0.15) is 8.42 Å². The van der Waals surface area contributed by atoms with Crippen LogP contribution >= 0.6 is 24.2 Å². The topological polar surface area (TPSA) is 54.4 Å². The summed E-state index contributed by atoms with van der Waals surface area (Å²) < 4.78 is 30.0. The van der Waals surface area contributed by atoms with Gasteiger partial charge in [0, 0.05) is 4.90 Å². The Morgan fingerprint density at radius 3 is 2.46 bits per heavy atom. The van der Waals surface area contributed by atoms with Crippen molar-refractivity contribution in [2.75, 3.05) is 6.26 Å². The van der Waals surface area contributed by atoms with Gasteiger partial charge in [-0.3, -0.25) is 4.55 Å². The second kappa shape index (κ2) is 4.85. The van der Waals surface area contributed by atoms with Crippen molar-refractivity contribution in [1.82, 2.24) is 0 Å². The van der Waals surface area contributed by atoms with Gasteiger partial charge in [0.15, 0.2) is 0 Å². The van der Waals surface area contributed by atoms with Gasteiger partial charge in [0.05, 0.1) is 4.90 Å². The van der Waals surface area contributed by atoms with Gasteiger partial charge in [-0.25, -0.2) is 0 Å². The first kappa shape index (κ1) is 12.8. The zero-order valence-corrected chi connectivity index (χ0v) is 9.25. The normalized spacial score (nSPS) is 10.6. The summed E-state index contributed by atoms with van der Waals surface area (Å²) in [4.78, 5) is 0.750. The smallest absolute Gasteiger partial charge is 0.282 e. The van der Waals surface area contributed by atoms with Crippen LogP contribution in [0.1, 0.15) is 0 Å². The summed E-state index contributed by atoms with van der Waals surface area (Å²) in [5, 5.41) is 0. The molecule has 1 aromatic carbocycles. The van der Waals surface area contributed by atoms with Gasteiger partial charge in [0.2, 0.25) is 0 Å². The molecule has 0 saturated heterocycles. The summed E-state index contributed by atoms with van der Waals surface area (Å²) in [6.07, 6.45) is 1.84. The maximum atomic E-state index is 10.6. The van der Waals surface area contributed by atoms with Gasteiger partial charge < -0.3 is 0 Å². The molecule has 1 rings (SSSR count). The third-order valence-corrected chi connectivity index (χ3v) is 2.91. The summed E-state index contributed by atoms with van der Waals surface area (Å²) >= 11 is 1.42. The highest BCUT2D eigenvalue weighted by Crippen LogP contribution is 2.18. The zero-order valence-electron chi connectivity index (χ0n) is 6.80. The minimum absolute atomic E-state index is 0. The molecule has 74 valence electrons. The second-order valence-electron chi connectivity index (χ2n) is 2.15. The van der Waals surface area contributed by atoms with Crippen molar-refractivity contribution in [1.29, 1.82) is 0 Å². The first-order valence-corrected chi connectivity index (χ1v) is 5.82. The standard InChI is InChI=1S/C7H8O3S2.ClH/c1-11-6-3-2-4-7(5-6)12(8,9)10;/h2-5H,1H3,(H,8,9,10);1H. The van der Waals surface area contributed by atoms with E-state index in [0.717, 1.165) is 4.90 Å². The van der Waals surface area contributed by atoms with Gasteiger partial charge in [-0.15, -0.1) is 24.2 Å². The summed E-state index contributed by atoms with van der Waals surface area (Å²) in [5.74, 6) is 0. The monoisotopic (exact) mass is 240 g/mol. The van der Waals surface area contributed by atoms with Crippen LogP contribution in [0.25, 0.3) is 0 Å². The third kappa shape index (κ3) is 3.56. The van der Waals surface area contributed by atoms with Gasteiger partial charge in [-0.1, -0.05) is 6.07 Å². The van der Waals surface area contributed by atoms with Crippen molar-refractivity contribution < 1.29 is 13.0 Å². The fourth-order valence-corrected chi connectivity index (χ4v) is 1.82. The van der Waals surface area contributed by atoms with Crippen molar-refractivity contribution in [3.8, 4) is 0 Å². The van der Waals surface area contributed by atoms with Crippen LogP contribution in [0.4, 0.5) is 0 Å². The highest BCUT2D eigenvalue weighted by Gasteiger charge is 2.08. The van der Waals surface area contributed by atoms with Crippen LogP contribution in [-0.2, 0) is 10.1 Å². The highest BCUT2D eigenvalue weighted by atomic mass is 35.5. The number of halogens is 1. The Morgan fingerprint density at radius 1 is 1.38 bits per heavy atom. The Labute approximate surface area is 87.7 Å². The van der Waals surface area contributed by atoms with Gasteiger partial charge in [0.25, 0.3) is 10.1 Å². The number of hydrogen-bond donors (Lipinski definition) is 1. The number of hydrogen-bond acceptors (Lipinski definition) is 3. The van der Waals surface area contributed by atoms with Crippen molar-refractivity contribution in [3.63, 3.8) is 0 Å². The Balaban J connectivity index is 0.00000144. The van der Waals surface area contributed by atoms with E-state index >= 15 is 0 Å². The lowest BCUT2D eigenvalue weighted by molar-refractivity contribution is 0.483. The Bertz CT molecular complexity index is 375. The lowest BCUT2D eigenvalue weighted by atomic mass is 10.4. The van der Waals surface area contributed by atoms with E-state index in [2.05, 4.69) is 0 Å². The second-order valence-corrected chi connectivity index (χ2v) is 4.46. The first-order valence-electron chi connectivity index (χ1n) is 3.15. The highest BCUT2D eigenvalue weighted by molar-refractivity contribution is 7.98. The molecule has 0 atom stereocenters. The van der Waals surface area contributed by atoms with Crippen molar-refractivity contribution in [2.45, 2.75) is 9.79 Å². The first-order chi connectivity index (χ1) is 5.54. The average Bonchev–Trinajstić information content (AvgIpc) is 2.03. The molecule has 0 amide bonds. The van der Waals surface area contributed by atoms with Crippen LogP contribution in [0.3, 0.4) is 0 Å². The Hall–Kier alpha value is -0.230. The molecule has 0 aliphatic carbocycles. The molecule has 0 aliphatic rings. The molecule has 0 heterocycles. The predicted octanol–water partition coefficient (Wildman–Crippen LogP) is 2.08. The molecule has 0 radical (unpaired) electrons. The maximum Gasteiger partial charge on any atom is 0.294 e. The van der Waals surface area contributed by atoms with E-state index in [1.807, 2.05) is 6.26 Å². The largest absolute Gasteiger partial charge is 0.294 e. The van der Waals surface area contributed by atoms with Crippen LogP contribution < -0.4 is 0 Å². The van der Waals surface area contributed by atoms with Crippen molar-refractivity contribution >= 4 is 34.3 Å². The van der Waals surface area contributed by atoms with Crippen LogP contribution in [0.5, 0.6) is 0 Å². The molecule has 3 nitrogen and oxygen atoms in total. The summed E-state index contributed by atoms with van der Waals surface area (Å²) in [6.45, 7) is 0. The van der Waals surface area contributed by atoms with Crippen LogP contribution in [0.15, 0.2) is 34.1 Å². The van der Waals surface area contributed by atoms with E-state index in [1.54, 1.807) is 12.1 Å². The van der Waals surface area contributed by atoms with E-state index in [4.69, 9.17) is 4.55 Å². The number of thioether (sulfide) groups is 1. The molecular weight excluding hydrogens is 232 g/mol. The SMILES string of the molecule is CSc1cccc(S(=O)(=O)O)c1.Cl. The fourth-order valence-electron chi connectivity index (χ4n) is 0.762. The van der Waals surface area contributed by atoms with Crippen LogP contribution in [-0.4, -0.2) is 19.2 Å². The number of rotatable bonds is 2. The van der Waals surface area contributed by atoms with Crippen LogP contribution in [0.2, 0.25) is 0 Å². The van der Waals surface area contributed by atoms with E-state index in [9.17, 15) is 8.42 Å². The summed E-state index contributed by atoms with van der Waals surface area (Å²) in [6, 6.07) is 6.16. The van der Waals surface area contributed by atoms with Gasteiger partial charge in [-0.05, 0) is 24.5 Å². The quantitative estimate of drug-likeness (QED) is 0.635. The van der Waals surface area contributed by atoms with E-state index in [1.165, 1.54) is 23.9 Å². The Morgan fingerprint density at radius 2 is 2.00 bits per heavy atom. The van der Waals surface area contributed by atoms with Gasteiger partial charge >= 0.3 is 0 Å². The molecular formula is C7H9ClO3S2.